The molecule has 0 bridgehead atoms. The Labute approximate surface area is 155 Å². The number of hydrogen-bond donors (Lipinski definition) is 2. The van der Waals surface area contributed by atoms with Crippen LogP contribution in [0.1, 0.15) is 53.9 Å². The molecule has 1 rings (SSSR count). The molecule has 5 nitrogen and oxygen atoms in total. The van der Waals surface area contributed by atoms with Gasteiger partial charge in [-0.05, 0) is 58.5 Å². The molecule has 146 valence electrons. The van der Waals surface area contributed by atoms with Gasteiger partial charge in [-0.25, -0.2) is 0 Å². The lowest BCUT2D eigenvalue weighted by atomic mass is 10.3. The number of aliphatic hydroxyl groups excluding tert-OH is 1. The Bertz CT molecular complexity index is 290. The van der Waals surface area contributed by atoms with Gasteiger partial charge in [0.2, 0.25) is 0 Å². The minimum absolute atomic E-state index is 0.210. The molecule has 3 atom stereocenters. The Balaban J connectivity index is 0.000000640. The Morgan fingerprint density at radius 3 is 2.33 bits per heavy atom. The monoisotopic (exact) mass is 381 g/mol. The summed E-state index contributed by atoms with van der Waals surface area (Å²) in [5.41, 5.74) is 0. The summed E-state index contributed by atoms with van der Waals surface area (Å²) in [5, 5.41) is 9.24. The predicted octanol–water partition coefficient (Wildman–Crippen LogP) is 3.21. The molecular formula is C17H39NO4SSi. The van der Waals surface area contributed by atoms with Crippen molar-refractivity contribution < 1.29 is 18.4 Å². The molecule has 24 heavy (non-hydrogen) atoms. The highest BCUT2D eigenvalue weighted by atomic mass is 32.1. The van der Waals surface area contributed by atoms with Crippen LogP contribution in [0.2, 0.25) is 6.04 Å². The summed E-state index contributed by atoms with van der Waals surface area (Å²) in [6.45, 7) is 15.2. The van der Waals surface area contributed by atoms with Crippen LogP contribution >= 0.6 is 12.6 Å². The van der Waals surface area contributed by atoms with E-state index in [0.717, 1.165) is 24.6 Å². The van der Waals surface area contributed by atoms with Gasteiger partial charge in [0.05, 0.1) is 6.10 Å². The van der Waals surface area contributed by atoms with Crippen molar-refractivity contribution in [3.05, 3.63) is 0 Å². The van der Waals surface area contributed by atoms with Gasteiger partial charge in [0.15, 0.2) is 0 Å². The molecular weight excluding hydrogens is 342 g/mol. The van der Waals surface area contributed by atoms with E-state index >= 15 is 0 Å². The minimum Gasteiger partial charge on any atom is -0.393 e. The molecule has 0 radical (unpaired) electrons. The van der Waals surface area contributed by atoms with Crippen molar-refractivity contribution in [1.82, 2.24) is 4.90 Å². The number of rotatable bonds is 10. The number of hydrogen-bond acceptors (Lipinski definition) is 6. The van der Waals surface area contributed by atoms with E-state index < -0.39 is 8.80 Å². The zero-order valence-electron chi connectivity index (χ0n) is 16.3. The molecule has 1 saturated heterocycles. The van der Waals surface area contributed by atoms with Gasteiger partial charge in [0.1, 0.15) is 0 Å². The molecule has 1 heterocycles. The van der Waals surface area contributed by atoms with Gasteiger partial charge in [-0.15, -0.1) is 0 Å². The maximum absolute atomic E-state index is 9.24. The van der Waals surface area contributed by atoms with Crippen molar-refractivity contribution in [3.63, 3.8) is 0 Å². The Morgan fingerprint density at radius 1 is 1.29 bits per heavy atom. The third-order valence-electron chi connectivity index (χ3n) is 4.07. The van der Waals surface area contributed by atoms with Crippen molar-refractivity contribution in [2.45, 2.75) is 72.1 Å². The molecule has 0 saturated carbocycles. The van der Waals surface area contributed by atoms with Gasteiger partial charge >= 0.3 is 8.80 Å². The topological polar surface area (TPSA) is 51.2 Å². The van der Waals surface area contributed by atoms with Crippen LogP contribution in [-0.4, -0.2) is 69.6 Å². The minimum atomic E-state index is -2.49. The highest BCUT2D eigenvalue weighted by molar-refractivity contribution is 7.80. The van der Waals surface area contributed by atoms with E-state index in [1.807, 2.05) is 0 Å². The maximum atomic E-state index is 9.24. The van der Waals surface area contributed by atoms with Crippen LogP contribution in [0.3, 0.4) is 0 Å². The lowest BCUT2D eigenvalue weighted by molar-refractivity contribution is -0.0170. The fourth-order valence-corrected chi connectivity index (χ4v) is 5.69. The van der Waals surface area contributed by atoms with Crippen LogP contribution < -0.4 is 0 Å². The number of aliphatic hydroxyl groups is 1. The molecule has 0 aromatic heterocycles. The van der Waals surface area contributed by atoms with Crippen molar-refractivity contribution in [2.24, 2.45) is 0 Å². The van der Waals surface area contributed by atoms with E-state index in [-0.39, 0.29) is 12.2 Å². The quantitative estimate of drug-likeness (QED) is 0.449. The van der Waals surface area contributed by atoms with Crippen LogP contribution in [0, 0.1) is 0 Å². The second-order valence-electron chi connectivity index (χ2n) is 6.18. The van der Waals surface area contributed by atoms with Crippen molar-refractivity contribution >= 4 is 21.4 Å². The van der Waals surface area contributed by atoms with Crippen molar-refractivity contribution in [2.75, 3.05) is 38.6 Å². The molecule has 0 spiro atoms. The molecule has 1 N–H and O–H groups in total. The molecule has 1 fully saturated rings. The van der Waals surface area contributed by atoms with Gasteiger partial charge in [-0.3, -0.25) is 0 Å². The Kier molecular flexibility index (Phi) is 14.7. The molecule has 0 aromatic carbocycles. The summed E-state index contributed by atoms with van der Waals surface area (Å²) in [5.74, 6) is 0.815. The molecule has 1 aliphatic heterocycles. The van der Waals surface area contributed by atoms with E-state index in [0.29, 0.717) is 19.6 Å². The summed E-state index contributed by atoms with van der Waals surface area (Å²) in [6, 6.07) is 0.820. The Hall–Kier alpha value is 0.367. The fraction of sp³-hybridized carbons (Fsp3) is 1.00. The van der Waals surface area contributed by atoms with Gasteiger partial charge in [0.25, 0.3) is 0 Å². The summed E-state index contributed by atoms with van der Waals surface area (Å²) < 4.78 is 17.6. The second-order valence-corrected chi connectivity index (χ2v) is 9.31. The first-order valence-electron chi connectivity index (χ1n) is 9.39. The fourth-order valence-electron chi connectivity index (χ4n) is 2.41. The van der Waals surface area contributed by atoms with Crippen LogP contribution in [0.25, 0.3) is 0 Å². The van der Waals surface area contributed by atoms with Gasteiger partial charge in [-0.1, -0.05) is 20.8 Å². The third-order valence-corrected chi connectivity index (χ3v) is 7.40. The second kappa shape index (κ2) is 14.5. The number of nitrogens with zero attached hydrogens (tertiary/aromatic N) is 1. The van der Waals surface area contributed by atoms with Crippen LogP contribution in [0.5, 0.6) is 0 Å². The SMILES string of the molecule is CC(O)CCO[Si]1(CCCS)OCCC(C)O1.CCN(CC)CC. The smallest absolute Gasteiger partial charge is 0.393 e. The van der Waals surface area contributed by atoms with Crippen LogP contribution in [0.4, 0.5) is 0 Å². The lowest BCUT2D eigenvalue weighted by Crippen LogP contribution is -2.52. The summed E-state index contributed by atoms with van der Waals surface area (Å²) in [4.78, 5) is 2.38. The molecule has 0 aliphatic carbocycles. The van der Waals surface area contributed by atoms with E-state index in [9.17, 15) is 5.11 Å². The largest absolute Gasteiger partial charge is 0.501 e. The summed E-state index contributed by atoms with van der Waals surface area (Å²) in [7, 11) is -2.49. The van der Waals surface area contributed by atoms with E-state index in [1.165, 1.54) is 19.6 Å². The normalized spacial score (nSPS) is 25.2. The van der Waals surface area contributed by atoms with Gasteiger partial charge in [0, 0.05) is 25.4 Å². The standard InChI is InChI=1S/C11H24O4SSi.C6H15N/c1-10(12)4-6-13-17(9-3-8-16)14-7-5-11(2)15-17;1-4-7(5-2)6-3/h10-12,16H,3-9H2,1-2H3;4-6H2,1-3H3. The third kappa shape index (κ3) is 11.1. The first-order valence-corrected chi connectivity index (χ1v) is 12.0. The maximum Gasteiger partial charge on any atom is 0.501 e. The van der Waals surface area contributed by atoms with E-state index in [2.05, 4.69) is 45.2 Å². The van der Waals surface area contributed by atoms with Crippen LogP contribution in [-0.2, 0) is 13.3 Å². The first kappa shape index (κ1) is 24.4. The molecule has 0 aromatic rings. The molecule has 3 unspecified atom stereocenters. The summed E-state index contributed by atoms with van der Waals surface area (Å²) in [6.07, 6.45) is 2.36. The lowest BCUT2D eigenvalue weighted by Gasteiger charge is -2.36. The van der Waals surface area contributed by atoms with Crippen molar-refractivity contribution in [1.29, 1.82) is 0 Å². The average molecular weight is 382 g/mol. The molecule has 0 amide bonds. The van der Waals surface area contributed by atoms with Crippen LogP contribution in [0.15, 0.2) is 0 Å². The highest BCUT2D eigenvalue weighted by Crippen LogP contribution is 2.25. The van der Waals surface area contributed by atoms with E-state index in [1.54, 1.807) is 6.92 Å². The number of thiol groups is 1. The zero-order valence-corrected chi connectivity index (χ0v) is 18.2. The van der Waals surface area contributed by atoms with E-state index in [4.69, 9.17) is 13.3 Å². The molecule has 7 heteroatoms. The average Bonchev–Trinajstić information content (AvgIpc) is 2.55. The van der Waals surface area contributed by atoms with Gasteiger partial charge in [-0.2, -0.15) is 12.6 Å². The zero-order chi connectivity index (χ0) is 18.4. The van der Waals surface area contributed by atoms with Gasteiger partial charge < -0.3 is 23.3 Å². The first-order chi connectivity index (χ1) is 11.4. The highest BCUT2D eigenvalue weighted by Gasteiger charge is 2.44. The van der Waals surface area contributed by atoms with Crippen molar-refractivity contribution in [3.8, 4) is 0 Å². The summed E-state index contributed by atoms with van der Waals surface area (Å²) >= 11 is 4.22. The Morgan fingerprint density at radius 2 is 1.92 bits per heavy atom. The molecule has 1 aliphatic rings. The predicted molar refractivity (Wildman–Crippen MR) is 106 cm³/mol.